The van der Waals surface area contributed by atoms with E-state index in [-0.39, 0.29) is 18.1 Å². The molecule has 2 rings (SSSR count). The topological polar surface area (TPSA) is 76.8 Å². The highest BCUT2D eigenvalue weighted by Crippen LogP contribution is 2.20. The number of nitrogens with two attached hydrogens (primary N) is 1. The lowest BCUT2D eigenvalue weighted by Gasteiger charge is -2.32. The Morgan fingerprint density at radius 1 is 1.62 bits per heavy atom. The molecule has 7 heteroatoms. The van der Waals surface area contributed by atoms with Crippen molar-refractivity contribution in [3.8, 4) is 0 Å². The number of nitrogen functional groups attached to an aromatic ring is 1. The minimum atomic E-state index is -0.154. The molecule has 118 valence electrons. The molecule has 1 amide bonds. The SMILES string of the molecule is CN(C)CCO[C@@H]1CCOC[C@@H]1NC(=O)c1sccc1N. The van der Waals surface area contributed by atoms with Gasteiger partial charge in [-0.3, -0.25) is 4.79 Å². The Labute approximate surface area is 129 Å². The monoisotopic (exact) mass is 313 g/mol. The molecule has 2 heterocycles. The zero-order valence-corrected chi connectivity index (χ0v) is 13.3. The fraction of sp³-hybridized carbons (Fsp3) is 0.643. The van der Waals surface area contributed by atoms with Crippen LogP contribution in [0, 0.1) is 0 Å². The van der Waals surface area contributed by atoms with Crippen LogP contribution in [-0.2, 0) is 9.47 Å². The van der Waals surface area contributed by atoms with Crippen LogP contribution in [0.15, 0.2) is 11.4 Å². The molecule has 1 fully saturated rings. The first-order valence-electron chi connectivity index (χ1n) is 7.06. The van der Waals surface area contributed by atoms with Crippen molar-refractivity contribution in [1.82, 2.24) is 10.2 Å². The van der Waals surface area contributed by atoms with Crippen LogP contribution in [0.4, 0.5) is 5.69 Å². The van der Waals surface area contributed by atoms with Crippen molar-refractivity contribution >= 4 is 22.9 Å². The first kappa shape index (κ1) is 16.2. The first-order valence-corrected chi connectivity index (χ1v) is 7.94. The summed E-state index contributed by atoms with van der Waals surface area (Å²) in [5.41, 5.74) is 6.29. The van der Waals surface area contributed by atoms with Crippen molar-refractivity contribution < 1.29 is 14.3 Å². The van der Waals surface area contributed by atoms with Gasteiger partial charge < -0.3 is 25.4 Å². The highest BCUT2D eigenvalue weighted by atomic mass is 32.1. The lowest BCUT2D eigenvalue weighted by molar-refractivity contribution is -0.0561. The van der Waals surface area contributed by atoms with Gasteiger partial charge in [-0.25, -0.2) is 0 Å². The fourth-order valence-electron chi connectivity index (χ4n) is 2.18. The Hall–Kier alpha value is -1.15. The third-order valence-corrected chi connectivity index (χ3v) is 4.31. The molecule has 1 aliphatic heterocycles. The van der Waals surface area contributed by atoms with Crippen molar-refractivity contribution in [2.24, 2.45) is 0 Å². The van der Waals surface area contributed by atoms with Gasteiger partial charge in [0.05, 0.1) is 31.0 Å². The lowest BCUT2D eigenvalue weighted by Crippen LogP contribution is -2.50. The quantitative estimate of drug-likeness (QED) is 0.812. The largest absolute Gasteiger partial charge is 0.397 e. The number of ether oxygens (including phenoxy) is 2. The molecule has 0 bridgehead atoms. The maximum Gasteiger partial charge on any atom is 0.263 e. The van der Waals surface area contributed by atoms with Crippen molar-refractivity contribution in [1.29, 1.82) is 0 Å². The predicted octanol–water partition coefficient (Wildman–Crippen LogP) is 0.796. The Kier molecular flexibility index (Phi) is 5.98. The predicted molar refractivity (Wildman–Crippen MR) is 83.7 cm³/mol. The summed E-state index contributed by atoms with van der Waals surface area (Å²) >= 11 is 1.34. The van der Waals surface area contributed by atoms with Gasteiger partial charge in [0.2, 0.25) is 0 Å². The summed E-state index contributed by atoms with van der Waals surface area (Å²) in [5.74, 6) is -0.154. The number of hydrogen-bond acceptors (Lipinski definition) is 6. The average Bonchev–Trinajstić information content (AvgIpc) is 2.86. The minimum Gasteiger partial charge on any atom is -0.397 e. The maximum atomic E-state index is 12.2. The van der Waals surface area contributed by atoms with Gasteiger partial charge in [-0.2, -0.15) is 0 Å². The number of likely N-dealkylation sites (N-methyl/N-ethyl adjacent to an activating group) is 1. The Morgan fingerprint density at radius 2 is 2.43 bits per heavy atom. The van der Waals surface area contributed by atoms with E-state index >= 15 is 0 Å². The smallest absolute Gasteiger partial charge is 0.263 e. The molecule has 1 aromatic rings. The number of thiophene rings is 1. The van der Waals surface area contributed by atoms with Crippen LogP contribution in [0.1, 0.15) is 16.1 Å². The highest BCUT2D eigenvalue weighted by Gasteiger charge is 2.28. The molecule has 1 aliphatic rings. The molecule has 0 aromatic carbocycles. The summed E-state index contributed by atoms with van der Waals surface area (Å²) in [6, 6.07) is 1.61. The van der Waals surface area contributed by atoms with Crippen molar-refractivity contribution in [2.75, 3.05) is 46.2 Å². The van der Waals surface area contributed by atoms with E-state index in [1.807, 2.05) is 19.5 Å². The van der Waals surface area contributed by atoms with Gasteiger partial charge in [0.25, 0.3) is 5.91 Å². The molecule has 1 aromatic heterocycles. The number of rotatable bonds is 6. The van der Waals surface area contributed by atoms with Crippen LogP contribution in [0.5, 0.6) is 0 Å². The number of carbonyl (C=O) groups is 1. The number of nitrogens with zero attached hydrogens (tertiary/aromatic N) is 1. The number of hydrogen-bond donors (Lipinski definition) is 2. The molecule has 21 heavy (non-hydrogen) atoms. The number of nitrogens with one attached hydrogen (secondary N) is 1. The zero-order chi connectivity index (χ0) is 15.2. The summed E-state index contributed by atoms with van der Waals surface area (Å²) in [6.45, 7) is 2.64. The Balaban J connectivity index is 1.89. The van der Waals surface area contributed by atoms with E-state index in [9.17, 15) is 4.79 Å². The Bertz CT molecular complexity index is 464. The Morgan fingerprint density at radius 3 is 3.10 bits per heavy atom. The van der Waals surface area contributed by atoms with Gasteiger partial charge in [0.1, 0.15) is 4.88 Å². The van der Waals surface area contributed by atoms with E-state index in [0.717, 1.165) is 13.0 Å². The van der Waals surface area contributed by atoms with Crippen molar-refractivity contribution in [3.05, 3.63) is 16.3 Å². The van der Waals surface area contributed by atoms with E-state index < -0.39 is 0 Å². The molecule has 0 spiro atoms. The molecule has 0 saturated carbocycles. The number of carbonyl (C=O) groups excluding carboxylic acids is 1. The van der Waals surface area contributed by atoms with Crippen LogP contribution in [0.3, 0.4) is 0 Å². The first-order chi connectivity index (χ1) is 10.1. The van der Waals surface area contributed by atoms with Crippen LogP contribution in [0.2, 0.25) is 0 Å². The minimum absolute atomic E-state index is 0.0103. The van der Waals surface area contributed by atoms with Crippen LogP contribution >= 0.6 is 11.3 Å². The molecule has 6 nitrogen and oxygen atoms in total. The summed E-state index contributed by atoms with van der Waals surface area (Å²) in [4.78, 5) is 14.8. The van der Waals surface area contributed by atoms with E-state index in [1.165, 1.54) is 11.3 Å². The molecule has 0 radical (unpaired) electrons. The van der Waals surface area contributed by atoms with Gasteiger partial charge in [-0.1, -0.05) is 0 Å². The normalized spacial score (nSPS) is 22.4. The number of amides is 1. The summed E-state index contributed by atoms with van der Waals surface area (Å²) in [5, 5.41) is 4.79. The van der Waals surface area contributed by atoms with Crippen LogP contribution < -0.4 is 11.1 Å². The summed E-state index contributed by atoms with van der Waals surface area (Å²) < 4.78 is 11.3. The standard InChI is InChI=1S/C14H23N3O3S/c1-17(2)5-7-20-12-3-6-19-9-11(12)16-14(18)13-10(15)4-8-21-13/h4,8,11-12H,3,5-7,9,15H2,1-2H3,(H,16,18)/t11-,12+/m0/s1. The van der Waals surface area contributed by atoms with Crippen molar-refractivity contribution in [3.63, 3.8) is 0 Å². The zero-order valence-electron chi connectivity index (χ0n) is 12.5. The van der Waals surface area contributed by atoms with E-state index in [4.69, 9.17) is 15.2 Å². The summed E-state index contributed by atoms with van der Waals surface area (Å²) in [7, 11) is 4.01. The van der Waals surface area contributed by atoms with Gasteiger partial charge >= 0.3 is 0 Å². The average molecular weight is 313 g/mol. The van der Waals surface area contributed by atoms with Crippen molar-refractivity contribution in [2.45, 2.75) is 18.6 Å². The summed E-state index contributed by atoms with van der Waals surface area (Å²) in [6.07, 6.45) is 0.780. The van der Waals surface area contributed by atoms with Crippen LogP contribution in [-0.4, -0.2) is 63.4 Å². The second-order valence-electron chi connectivity index (χ2n) is 5.36. The van der Waals surface area contributed by atoms with Gasteiger partial charge in [0.15, 0.2) is 0 Å². The number of anilines is 1. The second kappa shape index (κ2) is 7.74. The molecular formula is C14H23N3O3S. The van der Waals surface area contributed by atoms with E-state index in [2.05, 4.69) is 10.2 Å². The third kappa shape index (κ3) is 4.67. The van der Waals surface area contributed by atoms with Crippen LogP contribution in [0.25, 0.3) is 0 Å². The maximum absolute atomic E-state index is 12.2. The molecule has 0 unspecified atom stereocenters. The third-order valence-electron chi connectivity index (χ3n) is 3.38. The second-order valence-corrected chi connectivity index (χ2v) is 6.28. The van der Waals surface area contributed by atoms with E-state index in [1.54, 1.807) is 6.07 Å². The van der Waals surface area contributed by atoms with Gasteiger partial charge in [-0.05, 0) is 32.0 Å². The fourth-order valence-corrected chi connectivity index (χ4v) is 2.90. The molecule has 0 aliphatic carbocycles. The lowest BCUT2D eigenvalue weighted by atomic mass is 10.1. The molecular weight excluding hydrogens is 290 g/mol. The molecule has 2 atom stereocenters. The highest BCUT2D eigenvalue weighted by molar-refractivity contribution is 7.12. The van der Waals surface area contributed by atoms with Gasteiger partial charge in [-0.15, -0.1) is 11.3 Å². The van der Waals surface area contributed by atoms with E-state index in [0.29, 0.717) is 30.4 Å². The molecule has 1 saturated heterocycles. The van der Waals surface area contributed by atoms with Gasteiger partial charge in [0, 0.05) is 13.2 Å². The molecule has 3 N–H and O–H groups in total.